The van der Waals surface area contributed by atoms with Crippen LogP contribution in [0.3, 0.4) is 0 Å². The van der Waals surface area contributed by atoms with Gasteiger partial charge in [0.25, 0.3) is 0 Å². The number of nitrogens with zero attached hydrogens (tertiary/aromatic N) is 3. The molecule has 0 aliphatic carbocycles. The van der Waals surface area contributed by atoms with Gasteiger partial charge in [-0.15, -0.1) is 0 Å². The van der Waals surface area contributed by atoms with Crippen molar-refractivity contribution in [1.29, 1.82) is 0 Å². The topological polar surface area (TPSA) is 129 Å². The summed E-state index contributed by atoms with van der Waals surface area (Å²) in [6.45, 7) is 0. The molecular weight excluding hydrogens is 198 g/mol. The van der Waals surface area contributed by atoms with Crippen molar-refractivity contribution >= 4 is 11.4 Å². The summed E-state index contributed by atoms with van der Waals surface area (Å²) in [5, 5.41) is 29.2. The maximum absolute atomic E-state index is 11.0. The average molecular weight is 201 g/mol. The first-order chi connectivity index (χ1) is 6.43. The van der Waals surface area contributed by atoms with Crippen molar-refractivity contribution < 1.29 is 15.1 Å². The summed E-state index contributed by atoms with van der Waals surface area (Å²) >= 11 is 0. The van der Waals surface area contributed by atoms with Crippen LogP contribution in [-0.2, 0) is 0 Å². The second kappa shape index (κ2) is 3.12. The normalized spacial score (nSPS) is 9.71. The zero-order valence-electron chi connectivity index (χ0n) is 6.48. The molecular formula is C5H3N3O6. The number of hydrogen-bond donors (Lipinski definition) is 1. The Morgan fingerprint density at radius 2 is 1.50 bits per heavy atom. The summed E-state index contributed by atoms with van der Waals surface area (Å²) < 4.78 is 0.0949. The molecule has 0 unspecified atom stereocenters. The third-order valence-corrected chi connectivity index (χ3v) is 1.37. The van der Waals surface area contributed by atoms with Crippen molar-refractivity contribution in [3.05, 3.63) is 42.8 Å². The molecule has 1 aromatic rings. The Kier molecular flexibility index (Phi) is 2.15. The SMILES string of the molecule is O=c1c([N+](=O)[O-])cn(O)cc1[N+](=O)[O-]. The van der Waals surface area contributed by atoms with Gasteiger partial charge in [0, 0.05) is 0 Å². The Bertz CT molecular complexity index is 425. The van der Waals surface area contributed by atoms with Crippen LogP contribution in [0.1, 0.15) is 0 Å². The van der Waals surface area contributed by atoms with Gasteiger partial charge >= 0.3 is 16.8 Å². The third kappa shape index (κ3) is 1.50. The molecule has 0 fully saturated rings. The van der Waals surface area contributed by atoms with E-state index in [-0.39, 0.29) is 4.73 Å². The van der Waals surface area contributed by atoms with E-state index in [9.17, 15) is 25.0 Å². The molecule has 0 aliphatic heterocycles. The molecule has 0 atom stereocenters. The molecule has 14 heavy (non-hydrogen) atoms. The molecule has 1 N–H and O–H groups in total. The van der Waals surface area contributed by atoms with Crippen molar-refractivity contribution in [1.82, 2.24) is 4.73 Å². The van der Waals surface area contributed by atoms with Gasteiger partial charge in [0.1, 0.15) is 12.4 Å². The second-order valence-corrected chi connectivity index (χ2v) is 2.25. The number of pyridine rings is 1. The predicted molar refractivity (Wildman–Crippen MR) is 41.2 cm³/mol. The van der Waals surface area contributed by atoms with Crippen LogP contribution >= 0.6 is 0 Å². The molecule has 1 rings (SSSR count). The van der Waals surface area contributed by atoms with Crippen LogP contribution in [0.2, 0.25) is 0 Å². The molecule has 9 heteroatoms. The quantitative estimate of drug-likeness (QED) is 0.404. The highest BCUT2D eigenvalue weighted by Crippen LogP contribution is 2.09. The molecule has 0 saturated heterocycles. The van der Waals surface area contributed by atoms with Crippen LogP contribution in [0.5, 0.6) is 0 Å². The van der Waals surface area contributed by atoms with Crippen molar-refractivity contribution in [2.75, 3.05) is 0 Å². The monoisotopic (exact) mass is 201 g/mol. The van der Waals surface area contributed by atoms with Crippen LogP contribution in [-0.4, -0.2) is 19.8 Å². The standard InChI is InChI=1S/C5H3N3O6/c9-5-3(7(11)12)1-6(10)2-4(5)8(13)14/h1-2,10H. The van der Waals surface area contributed by atoms with Gasteiger partial charge in [-0.1, -0.05) is 0 Å². The Hall–Kier alpha value is -2.45. The minimum atomic E-state index is -1.34. The Morgan fingerprint density at radius 3 is 1.79 bits per heavy atom. The van der Waals surface area contributed by atoms with E-state index < -0.39 is 26.7 Å². The lowest BCUT2D eigenvalue weighted by Crippen LogP contribution is -2.15. The number of nitro groups is 2. The van der Waals surface area contributed by atoms with Crippen LogP contribution in [0, 0.1) is 20.2 Å². The van der Waals surface area contributed by atoms with E-state index in [1.807, 2.05) is 0 Å². The van der Waals surface area contributed by atoms with E-state index in [1.165, 1.54) is 0 Å². The molecule has 0 radical (unpaired) electrons. The maximum atomic E-state index is 11.0. The first-order valence-corrected chi connectivity index (χ1v) is 3.18. The van der Waals surface area contributed by atoms with Crippen molar-refractivity contribution in [3.63, 3.8) is 0 Å². The Labute approximate surface area is 75.1 Å². The lowest BCUT2D eigenvalue weighted by Gasteiger charge is -1.95. The molecule has 0 aliphatic rings. The van der Waals surface area contributed by atoms with Gasteiger partial charge in [-0.3, -0.25) is 25.0 Å². The summed E-state index contributed by atoms with van der Waals surface area (Å²) in [7, 11) is 0. The fraction of sp³-hybridized carbons (Fsp3) is 0. The summed E-state index contributed by atoms with van der Waals surface area (Å²) in [4.78, 5) is 29.2. The minimum Gasteiger partial charge on any atom is -0.429 e. The number of rotatable bonds is 2. The summed E-state index contributed by atoms with van der Waals surface area (Å²) in [6.07, 6.45) is 0.963. The first-order valence-electron chi connectivity index (χ1n) is 3.18. The first kappa shape index (κ1) is 9.64. The molecule has 0 bridgehead atoms. The van der Waals surface area contributed by atoms with E-state index in [0.717, 1.165) is 0 Å². The largest absolute Gasteiger partial charge is 0.429 e. The Morgan fingerprint density at radius 1 is 1.14 bits per heavy atom. The van der Waals surface area contributed by atoms with Crippen molar-refractivity contribution in [2.45, 2.75) is 0 Å². The zero-order chi connectivity index (χ0) is 10.9. The van der Waals surface area contributed by atoms with E-state index in [4.69, 9.17) is 5.21 Å². The van der Waals surface area contributed by atoms with Gasteiger partial charge in [-0.25, -0.2) is 0 Å². The van der Waals surface area contributed by atoms with Crippen LogP contribution < -0.4 is 5.43 Å². The molecule has 74 valence electrons. The van der Waals surface area contributed by atoms with Crippen molar-refractivity contribution in [3.8, 4) is 0 Å². The van der Waals surface area contributed by atoms with Gasteiger partial charge in [-0.05, 0) is 0 Å². The lowest BCUT2D eigenvalue weighted by molar-refractivity contribution is -0.397. The van der Waals surface area contributed by atoms with Gasteiger partial charge in [0.05, 0.1) is 9.85 Å². The third-order valence-electron chi connectivity index (χ3n) is 1.37. The van der Waals surface area contributed by atoms with Gasteiger partial charge < -0.3 is 5.21 Å². The zero-order valence-corrected chi connectivity index (χ0v) is 6.48. The number of hydrogen-bond acceptors (Lipinski definition) is 6. The summed E-state index contributed by atoms with van der Waals surface area (Å²) in [5.74, 6) is 0. The van der Waals surface area contributed by atoms with E-state index in [2.05, 4.69) is 0 Å². The molecule has 0 saturated carbocycles. The van der Waals surface area contributed by atoms with E-state index >= 15 is 0 Å². The molecule has 1 heterocycles. The van der Waals surface area contributed by atoms with Gasteiger partial charge in [0.15, 0.2) is 0 Å². The Balaban J connectivity index is 3.56. The number of aromatic nitrogens is 1. The smallest absolute Gasteiger partial charge is 0.343 e. The molecule has 1 aromatic heterocycles. The molecule has 0 amide bonds. The summed E-state index contributed by atoms with van der Waals surface area (Å²) in [6, 6.07) is 0. The maximum Gasteiger partial charge on any atom is 0.343 e. The van der Waals surface area contributed by atoms with Gasteiger partial charge in [0.2, 0.25) is 0 Å². The lowest BCUT2D eigenvalue weighted by atomic mass is 10.3. The fourth-order valence-electron chi connectivity index (χ4n) is 0.796. The minimum absolute atomic E-state index is 0.0949. The molecule has 0 spiro atoms. The van der Waals surface area contributed by atoms with Crippen LogP contribution in [0.25, 0.3) is 0 Å². The highest BCUT2D eigenvalue weighted by molar-refractivity contribution is 5.38. The average Bonchev–Trinajstić information content (AvgIpc) is 2.07. The van der Waals surface area contributed by atoms with Crippen LogP contribution in [0.4, 0.5) is 11.4 Å². The highest BCUT2D eigenvalue weighted by Gasteiger charge is 2.24. The summed E-state index contributed by atoms with van der Waals surface area (Å²) in [5.41, 5.74) is -3.45. The molecule has 0 aromatic carbocycles. The van der Waals surface area contributed by atoms with Crippen LogP contribution in [0.15, 0.2) is 17.2 Å². The fourth-order valence-corrected chi connectivity index (χ4v) is 0.796. The van der Waals surface area contributed by atoms with E-state index in [0.29, 0.717) is 12.4 Å². The predicted octanol–water partition coefficient (Wildman–Crippen LogP) is -0.0980. The second-order valence-electron chi connectivity index (χ2n) is 2.25. The van der Waals surface area contributed by atoms with Gasteiger partial charge in [-0.2, -0.15) is 4.73 Å². The van der Waals surface area contributed by atoms with E-state index in [1.54, 1.807) is 0 Å². The molecule has 9 nitrogen and oxygen atoms in total. The van der Waals surface area contributed by atoms with Crippen molar-refractivity contribution in [2.24, 2.45) is 0 Å². The highest BCUT2D eigenvalue weighted by atomic mass is 16.6.